The number of carboxylic acid groups (broad SMARTS) is 4. The van der Waals surface area contributed by atoms with Crippen LogP contribution in [-0.2, 0) is 35.2 Å². The number of carbonyl (C=O) groups excluding carboxylic acids is 5. The first-order valence-corrected chi connectivity index (χ1v) is 19.2. The van der Waals surface area contributed by atoms with Crippen molar-refractivity contribution in [2.45, 2.75) is 31.3 Å². The Bertz CT molecular complexity index is 1590. The first-order valence-electron chi connectivity index (χ1n) is 17.1. The smallest absolute Gasteiger partial charge is 0.549 e. The zero-order valence-corrected chi connectivity index (χ0v) is 36.5. The van der Waals surface area contributed by atoms with Crippen LogP contribution < -0.4 is 26.0 Å². The van der Waals surface area contributed by atoms with E-state index in [9.17, 15) is 54.3 Å². The number of nitrogens with one attached hydrogen (secondary N) is 2. The number of phenols is 1. The minimum Gasteiger partial charge on any atom is -0.549 e. The van der Waals surface area contributed by atoms with Crippen molar-refractivity contribution < 1.29 is 94.2 Å². The molecule has 1 radical (unpaired) electrons. The quantitative estimate of drug-likeness (QED) is 0.119. The van der Waals surface area contributed by atoms with Crippen LogP contribution in [0.15, 0.2) is 42.5 Å². The van der Waals surface area contributed by atoms with Gasteiger partial charge in [-0.05, 0) is 75.4 Å². The molecule has 0 saturated carbocycles. The van der Waals surface area contributed by atoms with E-state index in [-0.39, 0.29) is 111 Å². The summed E-state index contributed by atoms with van der Waals surface area (Å²) >= 11 is 3.83. The Morgan fingerprint density at radius 3 is 1.49 bits per heavy atom. The molecule has 301 valence electrons. The number of aliphatic carboxylic acids is 4. The standard InChI is InChI=1S/C35H46I2N6O11.Gd/c1-22(24-5-3-2-4-6-24)33(51)39-28(34(52)38-27(35(53)54)17-23-15-25(36)32(50)26(37)16-23)18-40-7-9-41(19-29(44)45)11-13-43(21-31(48)49)14-12-42(10-8-40)20-30(46)47;/h2-6,15-16,22,27-28,50H,7-14,17-21H2,1H3,(H,38,52)(H,39,51)(H,44,45)(H,46,47)(H,48,49)(H,53,54);/q;+3/p-3/t22-,27-,28?;/m0./s1. The summed E-state index contributed by atoms with van der Waals surface area (Å²) in [4.78, 5) is 81.0. The number of carboxylic acids is 4. The van der Waals surface area contributed by atoms with Gasteiger partial charge in [0.15, 0.2) is 0 Å². The van der Waals surface area contributed by atoms with Gasteiger partial charge >= 0.3 is 45.9 Å². The van der Waals surface area contributed by atoms with Crippen LogP contribution in [0.5, 0.6) is 5.75 Å². The van der Waals surface area contributed by atoms with Gasteiger partial charge in [0.05, 0.1) is 31.0 Å². The first-order chi connectivity index (χ1) is 25.5. The summed E-state index contributed by atoms with van der Waals surface area (Å²) in [5.41, 5.74) is 1.21. The van der Waals surface area contributed by atoms with Crippen molar-refractivity contribution in [2.75, 3.05) is 78.5 Å². The summed E-state index contributed by atoms with van der Waals surface area (Å²) in [7, 11) is 0. The van der Waals surface area contributed by atoms with Crippen LogP contribution in [0.1, 0.15) is 24.0 Å². The maximum Gasteiger partial charge on any atom is 3.00 e. The molecule has 0 spiro atoms. The van der Waals surface area contributed by atoms with Gasteiger partial charge in [0.25, 0.3) is 0 Å². The summed E-state index contributed by atoms with van der Waals surface area (Å²) in [6.07, 6.45) is -0.135. The van der Waals surface area contributed by atoms with Crippen molar-refractivity contribution in [1.29, 1.82) is 0 Å². The summed E-state index contributed by atoms with van der Waals surface area (Å²) < 4.78 is 0.986. The third-order valence-electron chi connectivity index (χ3n) is 8.89. The predicted molar refractivity (Wildman–Crippen MR) is 204 cm³/mol. The number of hydrogen-bond acceptors (Lipinski definition) is 14. The maximum atomic E-state index is 14.0. The molecule has 1 aliphatic heterocycles. The predicted octanol–water partition coefficient (Wildman–Crippen LogP) is -3.53. The Kier molecular flexibility index (Phi) is 21.7. The van der Waals surface area contributed by atoms with Gasteiger partial charge in [0.2, 0.25) is 11.8 Å². The Morgan fingerprint density at radius 2 is 1.09 bits per heavy atom. The molecule has 17 nitrogen and oxygen atoms in total. The number of benzene rings is 2. The van der Waals surface area contributed by atoms with Crippen LogP contribution in [0.4, 0.5) is 0 Å². The van der Waals surface area contributed by atoms with Crippen molar-refractivity contribution in [3.8, 4) is 5.75 Å². The van der Waals surface area contributed by atoms with Gasteiger partial charge in [-0.2, -0.15) is 0 Å². The molecule has 1 saturated heterocycles. The number of hydrogen-bond donors (Lipinski definition) is 4. The molecule has 1 aliphatic rings. The number of halogens is 2. The fraction of sp³-hybridized carbons (Fsp3) is 0.486. The minimum atomic E-state index is -1.42. The maximum absolute atomic E-state index is 14.0. The average Bonchev–Trinajstić information content (AvgIpc) is 3.10. The molecule has 0 aromatic heterocycles. The van der Waals surface area contributed by atoms with Crippen LogP contribution in [0.25, 0.3) is 0 Å². The van der Waals surface area contributed by atoms with E-state index in [0.717, 1.165) is 0 Å². The zero-order valence-electron chi connectivity index (χ0n) is 29.9. The molecule has 2 amide bonds. The van der Waals surface area contributed by atoms with Crippen molar-refractivity contribution in [3.63, 3.8) is 0 Å². The van der Waals surface area contributed by atoms with E-state index in [0.29, 0.717) is 18.3 Å². The van der Waals surface area contributed by atoms with Crippen LogP contribution in [0, 0.1) is 47.1 Å². The van der Waals surface area contributed by atoms with Gasteiger partial charge in [-0.3, -0.25) is 29.2 Å². The first kappa shape index (κ1) is 48.8. The van der Waals surface area contributed by atoms with E-state index in [1.54, 1.807) is 54.3 Å². The zero-order chi connectivity index (χ0) is 39.9. The molecular formula is C35H43GdI2N6O11. The van der Waals surface area contributed by atoms with E-state index in [1.165, 1.54) is 14.7 Å². The molecule has 3 rings (SSSR count). The van der Waals surface area contributed by atoms with Gasteiger partial charge in [0, 0.05) is 85.0 Å². The second kappa shape index (κ2) is 24.5. The third-order valence-corrected chi connectivity index (χ3v) is 10.5. The summed E-state index contributed by atoms with van der Waals surface area (Å²) in [6, 6.07) is 9.28. The van der Waals surface area contributed by atoms with Crippen molar-refractivity contribution in [3.05, 3.63) is 60.7 Å². The Hall–Kier alpha value is -2.32. The van der Waals surface area contributed by atoms with Crippen molar-refractivity contribution in [1.82, 2.24) is 30.2 Å². The number of rotatable bonds is 16. The van der Waals surface area contributed by atoms with Crippen LogP contribution in [0.3, 0.4) is 0 Å². The molecule has 3 atom stereocenters. The molecular weight excluding hydrogens is 1090 g/mol. The van der Waals surface area contributed by atoms with Gasteiger partial charge in [0.1, 0.15) is 17.8 Å². The van der Waals surface area contributed by atoms with Gasteiger partial charge in [-0.25, -0.2) is 4.79 Å². The van der Waals surface area contributed by atoms with Gasteiger partial charge < -0.3 is 50.5 Å². The fourth-order valence-electron chi connectivity index (χ4n) is 5.87. The van der Waals surface area contributed by atoms with Crippen LogP contribution in [-0.4, -0.2) is 156 Å². The van der Waals surface area contributed by atoms with Crippen LogP contribution in [0.2, 0.25) is 0 Å². The molecule has 2 aromatic rings. The van der Waals surface area contributed by atoms with E-state index >= 15 is 0 Å². The molecule has 0 bridgehead atoms. The van der Waals surface area contributed by atoms with E-state index in [2.05, 4.69) is 10.6 Å². The third kappa shape index (κ3) is 17.4. The van der Waals surface area contributed by atoms with E-state index in [1.807, 2.05) is 45.2 Å². The summed E-state index contributed by atoms with van der Waals surface area (Å²) in [6.45, 7) is 0.982. The fourth-order valence-corrected chi connectivity index (χ4v) is 7.77. The largest absolute Gasteiger partial charge is 3.00 e. The second-order valence-corrected chi connectivity index (χ2v) is 15.3. The topological polar surface area (TPSA) is 249 Å². The number of aromatic hydroxyl groups is 1. The van der Waals surface area contributed by atoms with E-state index in [4.69, 9.17) is 0 Å². The average molecular weight is 1130 g/mol. The van der Waals surface area contributed by atoms with Gasteiger partial charge in [-0.15, -0.1) is 0 Å². The number of carbonyl (C=O) groups is 6. The number of phenolic OH excluding ortho intramolecular Hbond substituents is 1. The molecule has 1 unspecified atom stereocenters. The molecule has 20 heteroatoms. The number of amides is 2. The molecule has 4 N–H and O–H groups in total. The molecule has 55 heavy (non-hydrogen) atoms. The summed E-state index contributed by atoms with van der Waals surface area (Å²) in [5.74, 6) is -7.39. The molecule has 0 aliphatic carbocycles. The van der Waals surface area contributed by atoms with Crippen molar-refractivity contribution in [2.24, 2.45) is 0 Å². The Morgan fingerprint density at radius 1 is 0.691 bits per heavy atom. The monoisotopic (exact) mass is 1140 g/mol. The summed E-state index contributed by atoms with van der Waals surface area (Å²) in [5, 5.41) is 60.3. The van der Waals surface area contributed by atoms with Gasteiger partial charge in [-0.1, -0.05) is 30.3 Å². The van der Waals surface area contributed by atoms with Crippen molar-refractivity contribution >= 4 is 80.9 Å². The Labute approximate surface area is 378 Å². The number of nitrogens with zero attached hydrogens (tertiary/aromatic N) is 4. The molecule has 1 fully saturated rings. The molecule has 1 heterocycles. The molecule has 2 aromatic carbocycles. The second-order valence-electron chi connectivity index (χ2n) is 13.0. The van der Waals surface area contributed by atoms with Crippen LogP contribution >= 0.6 is 45.2 Å². The minimum absolute atomic E-state index is 0. The van der Waals surface area contributed by atoms with E-state index < -0.39 is 73.3 Å². The normalized spacial score (nSPS) is 16.9. The Balaban J connectivity index is 0.0000105. The SMILES string of the molecule is C[C@H](C(=O)NC(CN1CCN(CC(=O)[O-])CCN(CC(=O)[O-])CCN(CC(=O)[O-])CC1)C(=O)N[C@@H](Cc1cc(I)c(O)c(I)c1)C(=O)O)c1ccccc1.[Gd+3].